The maximum atomic E-state index is 11.8. The van der Waals surface area contributed by atoms with E-state index in [1.54, 1.807) is 6.92 Å². The second-order valence-electron chi connectivity index (χ2n) is 3.87. The summed E-state index contributed by atoms with van der Waals surface area (Å²) >= 11 is 0. The number of aromatic hydroxyl groups is 1. The smallest absolute Gasteiger partial charge is 0.411 e. The first-order valence-electron chi connectivity index (χ1n) is 5.52. The fraction of sp³-hybridized carbons (Fsp3) is 0.417. The highest BCUT2D eigenvalue weighted by atomic mass is 19.4. The molecule has 0 radical (unpaired) electrons. The van der Waals surface area contributed by atoms with Crippen LogP contribution in [0.3, 0.4) is 0 Å². The van der Waals surface area contributed by atoms with Crippen LogP contribution < -0.4 is 5.32 Å². The molecule has 0 aromatic heterocycles. The zero-order valence-corrected chi connectivity index (χ0v) is 10.3. The van der Waals surface area contributed by atoms with E-state index in [9.17, 15) is 23.1 Å². The van der Waals surface area contributed by atoms with Gasteiger partial charge in [-0.05, 0) is 19.1 Å². The third-order valence-electron chi connectivity index (χ3n) is 2.35. The largest absolute Gasteiger partial charge is 0.508 e. The van der Waals surface area contributed by atoms with Crippen molar-refractivity contribution < 1.29 is 27.8 Å². The van der Waals surface area contributed by atoms with Crippen molar-refractivity contribution in [2.75, 3.05) is 19.8 Å². The molecular weight excluding hydrogens is 263 g/mol. The molecule has 0 atom stereocenters. The topological polar surface area (TPSA) is 58.6 Å². The molecule has 0 saturated carbocycles. The van der Waals surface area contributed by atoms with E-state index in [1.807, 2.05) is 0 Å². The van der Waals surface area contributed by atoms with Crippen molar-refractivity contribution >= 4 is 5.91 Å². The van der Waals surface area contributed by atoms with Gasteiger partial charge in [0.25, 0.3) is 5.91 Å². The lowest BCUT2D eigenvalue weighted by molar-refractivity contribution is -0.173. The molecule has 2 N–H and O–H groups in total. The van der Waals surface area contributed by atoms with E-state index < -0.39 is 18.7 Å². The first-order chi connectivity index (χ1) is 8.81. The van der Waals surface area contributed by atoms with Crippen LogP contribution in [0, 0.1) is 6.92 Å². The number of benzene rings is 1. The second-order valence-corrected chi connectivity index (χ2v) is 3.87. The number of ether oxygens (including phenoxy) is 1. The Labute approximate surface area is 108 Å². The summed E-state index contributed by atoms with van der Waals surface area (Å²) in [5, 5.41) is 11.8. The molecule has 4 nitrogen and oxygen atoms in total. The molecule has 1 aromatic carbocycles. The van der Waals surface area contributed by atoms with Gasteiger partial charge in [0.2, 0.25) is 0 Å². The van der Waals surface area contributed by atoms with Gasteiger partial charge in [-0.2, -0.15) is 13.2 Å². The van der Waals surface area contributed by atoms with Gasteiger partial charge in [0.1, 0.15) is 12.4 Å². The molecule has 0 heterocycles. The molecule has 0 unspecified atom stereocenters. The number of phenolic OH excluding ortho intramolecular Hbond substituents is 1. The number of hydrogen-bond donors (Lipinski definition) is 2. The number of rotatable bonds is 5. The van der Waals surface area contributed by atoms with Crippen LogP contribution in [-0.2, 0) is 4.74 Å². The molecule has 0 aliphatic heterocycles. The number of hydrogen-bond acceptors (Lipinski definition) is 3. The van der Waals surface area contributed by atoms with Gasteiger partial charge in [-0.3, -0.25) is 4.79 Å². The van der Waals surface area contributed by atoms with Crippen LogP contribution in [0.25, 0.3) is 0 Å². The number of carbonyl (C=O) groups excluding carboxylic acids is 1. The summed E-state index contributed by atoms with van der Waals surface area (Å²) < 4.78 is 39.6. The molecule has 0 bridgehead atoms. The zero-order valence-electron chi connectivity index (χ0n) is 10.3. The highest BCUT2D eigenvalue weighted by Gasteiger charge is 2.27. The fourth-order valence-corrected chi connectivity index (χ4v) is 1.39. The Morgan fingerprint density at radius 1 is 1.42 bits per heavy atom. The minimum atomic E-state index is -4.37. The van der Waals surface area contributed by atoms with Crippen molar-refractivity contribution in [3.05, 3.63) is 29.3 Å². The van der Waals surface area contributed by atoms with Gasteiger partial charge in [-0.15, -0.1) is 0 Å². The van der Waals surface area contributed by atoms with Crippen molar-refractivity contribution in [3.8, 4) is 5.75 Å². The minimum Gasteiger partial charge on any atom is -0.508 e. The molecular formula is C12H14F3NO3. The average Bonchev–Trinajstić information content (AvgIpc) is 2.30. The fourth-order valence-electron chi connectivity index (χ4n) is 1.39. The van der Waals surface area contributed by atoms with E-state index in [4.69, 9.17) is 0 Å². The van der Waals surface area contributed by atoms with Crippen molar-refractivity contribution in [2.45, 2.75) is 13.1 Å². The van der Waals surface area contributed by atoms with E-state index in [0.717, 1.165) is 0 Å². The number of nitrogens with one attached hydrogen (secondary N) is 1. The summed E-state index contributed by atoms with van der Waals surface area (Å²) in [6, 6.07) is 4.47. The highest BCUT2D eigenvalue weighted by Crippen LogP contribution is 2.19. The quantitative estimate of drug-likeness (QED) is 0.809. The molecule has 0 saturated heterocycles. The lowest BCUT2D eigenvalue weighted by Gasteiger charge is -2.10. The Morgan fingerprint density at radius 3 is 2.74 bits per heavy atom. The van der Waals surface area contributed by atoms with Gasteiger partial charge < -0.3 is 15.2 Å². The molecule has 0 spiro atoms. The summed E-state index contributed by atoms with van der Waals surface area (Å²) in [5.41, 5.74) is 0.687. The van der Waals surface area contributed by atoms with Gasteiger partial charge in [0.05, 0.1) is 6.61 Å². The van der Waals surface area contributed by atoms with Crippen molar-refractivity contribution in [1.82, 2.24) is 5.32 Å². The van der Waals surface area contributed by atoms with E-state index >= 15 is 0 Å². The van der Waals surface area contributed by atoms with Crippen LogP contribution in [0.15, 0.2) is 18.2 Å². The number of halogens is 3. The van der Waals surface area contributed by atoms with Gasteiger partial charge >= 0.3 is 6.18 Å². The van der Waals surface area contributed by atoms with Crippen molar-refractivity contribution in [2.24, 2.45) is 0 Å². The van der Waals surface area contributed by atoms with E-state index in [1.165, 1.54) is 18.2 Å². The molecule has 1 rings (SSSR count). The lowest BCUT2D eigenvalue weighted by Crippen LogP contribution is -2.29. The molecule has 0 aliphatic carbocycles. The van der Waals surface area contributed by atoms with E-state index in [0.29, 0.717) is 5.56 Å². The van der Waals surface area contributed by atoms with E-state index in [-0.39, 0.29) is 24.5 Å². The monoisotopic (exact) mass is 277 g/mol. The van der Waals surface area contributed by atoms with Gasteiger partial charge in [-0.25, -0.2) is 0 Å². The van der Waals surface area contributed by atoms with Crippen molar-refractivity contribution in [3.63, 3.8) is 0 Å². The van der Waals surface area contributed by atoms with Crippen LogP contribution in [0.2, 0.25) is 0 Å². The molecule has 1 amide bonds. The Morgan fingerprint density at radius 2 is 2.11 bits per heavy atom. The summed E-state index contributed by atoms with van der Waals surface area (Å²) in [6.07, 6.45) is -4.37. The molecule has 0 aliphatic rings. The summed E-state index contributed by atoms with van der Waals surface area (Å²) in [5.74, 6) is -0.481. The third kappa shape index (κ3) is 5.17. The SMILES string of the molecule is Cc1c(O)cccc1C(=O)NCCOCC(F)(F)F. The van der Waals surface area contributed by atoms with E-state index in [2.05, 4.69) is 10.1 Å². The first kappa shape index (κ1) is 15.3. The molecule has 19 heavy (non-hydrogen) atoms. The van der Waals surface area contributed by atoms with Gasteiger partial charge in [0, 0.05) is 17.7 Å². The normalized spacial score (nSPS) is 11.4. The first-order valence-corrected chi connectivity index (χ1v) is 5.52. The number of amides is 1. The Hall–Kier alpha value is -1.76. The number of phenols is 1. The van der Waals surface area contributed by atoms with Crippen LogP contribution in [0.4, 0.5) is 13.2 Å². The maximum Gasteiger partial charge on any atom is 0.411 e. The molecule has 1 aromatic rings. The molecule has 0 fully saturated rings. The van der Waals surface area contributed by atoms with Crippen LogP contribution in [0.1, 0.15) is 15.9 Å². The lowest BCUT2D eigenvalue weighted by atomic mass is 10.1. The van der Waals surface area contributed by atoms with Crippen molar-refractivity contribution in [1.29, 1.82) is 0 Å². The summed E-state index contributed by atoms with van der Waals surface area (Å²) in [4.78, 5) is 11.7. The summed E-state index contributed by atoms with van der Waals surface area (Å²) in [6.45, 7) is -0.0362. The summed E-state index contributed by atoms with van der Waals surface area (Å²) in [7, 11) is 0. The predicted molar refractivity (Wildman–Crippen MR) is 62.1 cm³/mol. The Balaban J connectivity index is 2.38. The zero-order chi connectivity index (χ0) is 14.5. The van der Waals surface area contributed by atoms with Gasteiger partial charge in [-0.1, -0.05) is 6.07 Å². The third-order valence-corrected chi connectivity index (χ3v) is 2.35. The van der Waals surface area contributed by atoms with Crippen LogP contribution in [-0.4, -0.2) is 36.9 Å². The molecule has 7 heteroatoms. The highest BCUT2D eigenvalue weighted by molar-refractivity contribution is 5.96. The maximum absolute atomic E-state index is 11.8. The van der Waals surface area contributed by atoms with Crippen LogP contribution >= 0.6 is 0 Å². The average molecular weight is 277 g/mol. The Kier molecular flexibility index (Phi) is 5.17. The second kappa shape index (κ2) is 6.42. The van der Waals surface area contributed by atoms with Crippen LogP contribution in [0.5, 0.6) is 5.75 Å². The standard InChI is InChI=1S/C12H14F3NO3/c1-8-9(3-2-4-10(8)17)11(18)16-5-6-19-7-12(13,14)15/h2-4,17H,5-7H2,1H3,(H,16,18). The number of alkyl halides is 3. The Bertz CT molecular complexity index is 446. The molecule has 106 valence electrons. The van der Waals surface area contributed by atoms with Gasteiger partial charge in [0.15, 0.2) is 0 Å². The minimum absolute atomic E-state index is 0.0130. The number of carbonyl (C=O) groups is 1. The predicted octanol–water partition coefficient (Wildman–Crippen LogP) is 2.01.